The number of rotatable bonds is 61. The van der Waals surface area contributed by atoms with Gasteiger partial charge in [0.05, 0.1) is 34.4 Å². The van der Waals surface area contributed by atoms with Crippen molar-refractivity contribution in [1.29, 1.82) is 0 Å². The summed E-state index contributed by atoms with van der Waals surface area (Å²) in [4.78, 5) is 37.4. The number of hydrogen-bond acceptors (Lipinski definition) is 7. The van der Waals surface area contributed by atoms with E-state index in [1.807, 2.05) is 21.1 Å². The molecule has 458 valence electrons. The number of hydrogen-bond donors (Lipinski definition) is 1. The summed E-state index contributed by atoms with van der Waals surface area (Å²) in [5, 5.41) is 9.70. The number of esters is 2. The number of nitrogens with zero attached hydrogens (tertiary/aromatic N) is 1. The Bertz CT molecular complexity index is 1520. The van der Waals surface area contributed by atoms with Crippen LogP contribution in [0, 0.1) is 0 Å². The Kier molecular flexibility index (Phi) is 58.3. The van der Waals surface area contributed by atoms with Crippen LogP contribution in [-0.4, -0.2) is 87.4 Å². The highest BCUT2D eigenvalue weighted by atomic mass is 16.7. The molecule has 9 nitrogen and oxygen atoms in total. The third-order valence-corrected chi connectivity index (χ3v) is 14.5. The summed E-state index contributed by atoms with van der Waals surface area (Å²) in [5.74, 6) is -1.99. The number of quaternary nitrogens is 1. The zero-order valence-electron chi connectivity index (χ0n) is 52.3. The molecule has 0 heterocycles. The highest BCUT2D eigenvalue weighted by Crippen LogP contribution is 2.18. The molecule has 0 aromatic carbocycles. The first kappa shape index (κ1) is 75.7. The number of ether oxygens (including phenoxy) is 4. The van der Waals surface area contributed by atoms with Gasteiger partial charge in [0.25, 0.3) is 6.29 Å². The first-order chi connectivity index (χ1) is 38.6. The van der Waals surface area contributed by atoms with Crippen LogP contribution < -0.4 is 0 Å². The van der Waals surface area contributed by atoms with Crippen molar-refractivity contribution < 1.29 is 42.9 Å². The molecular weight excluding hydrogens is 983 g/mol. The molecule has 9 heteroatoms. The predicted molar refractivity (Wildman–Crippen MR) is 336 cm³/mol. The van der Waals surface area contributed by atoms with E-state index in [9.17, 15) is 19.5 Å². The number of allylic oxidation sites excluding steroid dienone is 12. The maximum atomic E-state index is 12.9. The average molecular weight is 1110 g/mol. The highest BCUT2D eigenvalue weighted by Gasteiger charge is 2.25. The fourth-order valence-electron chi connectivity index (χ4n) is 9.43. The molecule has 2 atom stereocenters. The number of carbonyl (C=O) groups excluding carboxylic acids is 2. The number of carbonyl (C=O) groups is 3. The molecule has 0 rings (SSSR count). The van der Waals surface area contributed by atoms with Crippen LogP contribution in [-0.2, 0) is 33.3 Å². The molecule has 0 saturated heterocycles. The van der Waals surface area contributed by atoms with Crippen molar-refractivity contribution in [2.45, 2.75) is 309 Å². The first-order valence-electron chi connectivity index (χ1n) is 33.1. The lowest BCUT2D eigenvalue weighted by atomic mass is 10.0. The van der Waals surface area contributed by atoms with E-state index in [0.717, 1.165) is 77.0 Å². The largest absolute Gasteiger partial charge is 0.477 e. The second-order valence-corrected chi connectivity index (χ2v) is 23.4. The minimum atomic E-state index is -1.51. The Morgan fingerprint density at radius 3 is 1.08 bits per heavy atom. The zero-order chi connectivity index (χ0) is 57.6. The molecule has 0 saturated carbocycles. The third kappa shape index (κ3) is 62.2. The van der Waals surface area contributed by atoms with Gasteiger partial charge in [-0.1, -0.05) is 292 Å². The Morgan fingerprint density at radius 1 is 0.392 bits per heavy atom. The Balaban J connectivity index is 3.93. The molecule has 0 aliphatic carbocycles. The van der Waals surface area contributed by atoms with Crippen molar-refractivity contribution in [2.75, 3.05) is 47.5 Å². The molecule has 0 aliphatic rings. The van der Waals surface area contributed by atoms with E-state index in [-0.39, 0.29) is 38.2 Å². The molecule has 0 radical (unpaired) electrons. The first-order valence-corrected chi connectivity index (χ1v) is 33.1. The molecule has 0 aromatic rings. The molecule has 1 N–H and O–H groups in total. The van der Waals surface area contributed by atoms with Gasteiger partial charge < -0.3 is 28.5 Å². The van der Waals surface area contributed by atoms with E-state index < -0.39 is 18.4 Å². The fourth-order valence-corrected chi connectivity index (χ4v) is 9.43. The van der Waals surface area contributed by atoms with Gasteiger partial charge in [0.15, 0.2) is 6.10 Å². The van der Waals surface area contributed by atoms with E-state index in [4.69, 9.17) is 18.9 Å². The Hall–Kier alpha value is -3.27. The van der Waals surface area contributed by atoms with Gasteiger partial charge in [-0.2, -0.15) is 0 Å². The van der Waals surface area contributed by atoms with Gasteiger partial charge in [0.2, 0.25) is 0 Å². The van der Waals surface area contributed by atoms with Crippen LogP contribution >= 0.6 is 0 Å². The van der Waals surface area contributed by atoms with E-state index in [0.29, 0.717) is 17.4 Å². The quantitative estimate of drug-likeness (QED) is 0.0211. The highest BCUT2D eigenvalue weighted by molar-refractivity contribution is 5.71. The summed E-state index contributed by atoms with van der Waals surface area (Å²) >= 11 is 0. The maximum absolute atomic E-state index is 12.9. The standard InChI is InChI=1S/C70H125NO8/c1-6-8-10-12-14-16-18-20-21-22-23-24-25-26-27-28-29-30-31-32-33-34-35-36-37-38-39-40-41-42-43-44-45-46-47-49-51-53-55-57-59-61-68(73)79-66(65-78-70(69(74)75)76-63-62-71(3,4)5)64-77-67(72)60-58-56-54-52-50-48-19-17-15-13-11-9-7-2/h8,10,14,16,20-21,23-24,26-27,29-30,66,70H,6-7,9,11-13,15,17-19,22,25,28,31-65H2,1-5H3/p+1/b10-8-,16-14-,21-20-,24-23-,27-26-,30-29-. The van der Waals surface area contributed by atoms with E-state index in [1.165, 1.54) is 193 Å². The predicted octanol–water partition coefficient (Wildman–Crippen LogP) is 20.1. The SMILES string of the molecule is CC/C=C\C/C=C\C/C=C\C/C=C\C/C=C\C/C=C\CCCCCCCCCCCCCCCCCCCCCCCCC(=O)OC(COC(=O)CCCCCCCCCCCCCCC)COC(OCC[N+](C)(C)C)C(=O)O. The van der Waals surface area contributed by atoms with Crippen LogP contribution in [0.4, 0.5) is 0 Å². The van der Waals surface area contributed by atoms with Gasteiger partial charge in [-0.25, -0.2) is 4.79 Å². The summed E-state index contributed by atoms with van der Waals surface area (Å²) < 4.78 is 22.9. The molecule has 0 bridgehead atoms. The van der Waals surface area contributed by atoms with Crippen molar-refractivity contribution in [3.63, 3.8) is 0 Å². The molecule has 0 aliphatic heterocycles. The van der Waals surface area contributed by atoms with Crippen LogP contribution in [0.1, 0.15) is 296 Å². The zero-order valence-corrected chi connectivity index (χ0v) is 52.3. The summed E-state index contributed by atoms with van der Waals surface area (Å²) in [5.41, 5.74) is 0. The van der Waals surface area contributed by atoms with Crippen molar-refractivity contribution >= 4 is 17.9 Å². The number of aliphatic carboxylic acids is 1. The van der Waals surface area contributed by atoms with Crippen LogP contribution in [0.5, 0.6) is 0 Å². The number of carboxylic acids is 1. The van der Waals surface area contributed by atoms with Crippen molar-refractivity contribution in [3.8, 4) is 0 Å². The number of unbranched alkanes of at least 4 members (excludes halogenated alkanes) is 34. The van der Waals surface area contributed by atoms with Crippen LogP contribution in [0.15, 0.2) is 72.9 Å². The van der Waals surface area contributed by atoms with Crippen LogP contribution in [0.25, 0.3) is 0 Å². The Morgan fingerprint density at radius 2 is 0.722 bits per heavy atom. The third-order valence-electron chi connectivity index (χ3n) is 14.5. The van der Waals surface area contributed by atoms with Crippen molar-refractivity contribution in [2.24, 2.45) is 0 Å². The number of likely N-dealkylation sites (N-methyl/N-ethyl adjacent to an activating group) is 1. The van der Waals surface area contributed by atoms with E-state index >= 15 is 0 Å². The van der Waals surface area contributed by atoms with Gasteiger partial charge in [0, 0.05) is 12.8 Å². The van der Waals surface area contributed by atoms with Gasteiger partial charge in [0.1, 0.15) is 13.2 Å². The normalized spacial score (nSPS) is 13.2. The smallest absolute Gasteiger partial charge is 0.361 e. The lowest BCUT2D eigenvalue weighted by Crippen LogP contribution is -2.40. The molecule has 0 spiro atoms. The second kappa shape index (κ2) is 60.8. The van der Waals surface area contributed by atoms with Gasteiger partial charge in [-0.05, 0) is 64.2 Å². The number of carboxylic acid groups (broad SMARTS) is 1. The second-order valence-electron chi connectivity index (χ2n) is 23.4. The van der Waals surface area contributed by atoms with E-state index in [1.54, 1.807) is 0 Å². The minimum absolute atomic E-state index is 0.177. The molecule has 2 unspecified atom stereocenters. The average Bonchev–Trinajstić information content (AvgIpc) is 3.42. The topological polar surface area (TPSA) is 108 Å². The Labute approximate surface area is 487 Å². The fraction of sp³-hybridized carbons (Fsp3) is 0.786. The van der Waals surface area contributed by atoms with Crippen LogP contribution in [0.2, 0.25) is 0 Å². The summed E-state index contributed by atoms with van der Waals surface area (Å²) in [6.45, 7) is 4.79. The lowest BCUT2D eigenvalue weighted by Gasteiger charge is -2.25. The molecule has 0 amide bonds. The van der Waals surface area contributed by atoms with Gasteiger partial charge in [-0.15, -0.1) is 0 Å². The summed E-state index contributed by atoms with van der Waals surface area (Å²) in [6, 6.07) is 0. The molecule has 79 heavy (non-hydrogen) atoms. The molecular formula is C70H126NO8+. The monoisotopic (exact) mass is 1110 g/mol. The molecule has 0 fully saturated rings. The minimum Gasteiger partial charge on any atom is -0.477 e. The van der Waals surface area contributed by atoms with Gasteiger partial charge in [-0.3, -0.25) is 9.59 Å². The summed E-state index contributed by atoms with van der Waals surface area (Å²) in [6.07, 6.45) is 77.4. The summed E-state index contributed by atoms with van der Waals surface area (Å²) in [7, 11) is 5.98. The van der Waals surface area contributed by atoms with Crippen molar-refractivity contribution in [3.05, 3.63) is 72.9 Å². The molecule has 0 aromatic heterocycles. The van der Waals surface area contributed by atoms with Crippen LogP contribution in [0.3, 0.4) is 0 Å². The maximum Gasteiger partial charge on any atom is 0.361 e. The van der Waals surface area contributed by atoms with E-state index in [2.05, 4.69) is 86.8 Å². The van der Waals surface area contributed by atoms with Gasteiger partial charge >= 0.3 is 17.9 Å². The van der Waals surface area contributed by atoms with Crippen molar-refractivity contribution in [1.82, 2.24) is 0 Å². The lowest BCUT2D eigenvalue weighted by molar-refractivity contribution is -0.870.